The second-order valence-electron chi connectivity index (χ2n) is 4.11. The van der Waals surface area contributed by atoms with Crippen LogP contribution in [0.4, 0.5) is 0 Å². The monoisotopic (exact) mass is 289 g/mol. The summed E-state index contributed by atoms with van der Waals surface area (Å²) in [6.45, 7) is 0. The van der Waals surface area contributed by atoms with E-state index in [9.17, 15) is 9.90 Å². The van der Waals surface area contributed by atoms with Crippen LogP contribution in [0.15, 0.2) is 36.5 Å². The highest BCUT2D eigenvalue weighted by Crippen LogP contribution is 2.25. The minimum atomic E-state index is -1.15. The number of carbonyl (C=O) groups is 1. The molecule has 0 atom stereocenters. The van der Waals surface area contributed by atoms with E-state index in [1.165, 1.54) is 6.07 Å². The van der Waals surface area contributed by atoms with E-state index in [0.29, 0.717) is 16.3 Å². The number of fused-ring (bicyclic) bond motifs is 1. The molecule has 2 N–H and O–H groups in total. The smallest absolute Gasteiger partial charge is 0.341 e. The number of hydrogen-bond acceptors (Lipinski definition) is 4. The van der Waals surface area contributed by atoms with Gasteiger partial charge in [0.1, 0.15) is 5.56 Å². The lowest BCUT2D eigenvalue weighted by molar-refractivity contribution is 0.0699. The summed E-state index contributed by atoms with van der Waals surface area (Å²) in [6.07, 6.45) is 1.15. The fourth-order valence-corrected chi connectivity index (χ4v) is 1.99. The van der Waals surface area contributed by atoms with Gasteiger partial charge in [-0.2, -0.15) is 9.61 Å². The maximum absolute atomic E-state index is 11.1. The lowest BCUT2D eigenvalue weighted by Gasteiger charge is -2.04. The van der Waals surface area contributed by atoms with Gasteiger partial charge in [0.05, 0.1) is 11.9 Å². The van der Waals surface area contributed by atoms with Gasteiger partial charge < -0.3 is 10.2 Å². The summed E-state index contributed by atoms with van der Waals surface area (Å²) >= 11 is 5.81. The highest BCUT2D eigenvalue weighted by molar-refractivity contribution is 6.30. The molecule has 20 heavy (non-hydrogen) atoms. The molecule has 0 aliphatic rings. The molecule has 0 unspecified atom stereocenters. The van der Waals surface area contributed by atoms with Gasteiger partial charge in [-0.25, -0.2) is 9.78 Å². The van der Waals surface area contributed by atoms with Crippen LogP contribution in [0.2, 0.25) is 5.02 Å². The highest BCUT2D eigenvalue weighted by atomic mass is 35.5. The van der Waals surface area contributed by atoms with Crippen LogP contribution in [-0.4, -0.2) is 30.8 Å². The molecule has 0 bridgehead atoms. The van der Waals surface area contributed by atoms with Crippen molar-refractivity contribution in [2.45, 2.75) is 0 Å². The van der Waals surface area contributed by atoms with Crippen LogP contribution in [0.1, 0.15) is 10.4 Å². The summed E-state index contributed by atoms with van der Waals surface area (Å²) in [5.41, 5.74) is 1.16. The maximum Gasteiger partial charge on any atom is 0.341 e. The summed E-state index contributed by atoms with van der Waals surface area (Å²) in [5, 5.41) is 23.3. The predicted octanol–water partition coefficient (Wildman–Crippen LogP) is 2.45. The summed E-state index contributed by atoms with van der Waals surface area (Å²) in [4.78, 5) is 15.3. The molecule has 6 nitrogen and oxygen atoms in total. The number of nitrogens with zero attached hydrogens (tertiary/aromatic N) is 3. The van der Waals surface area contributed by atoms with Crippen molar-refractivity contribution in [3.8, 4) is 17.1 Å². The zero-order chi connectivity index (χ0) is 14.3. The van der Waals surface area contributed by atoms with Crippen LogP contribution < -0.4 is 0 Å². The lowest BCUT2D eigenvalue weighted by Crippen LogP contribution is -1.99. The van der Waals surface area contributed by atoms with E-state index in [1.807, 2.05) is 0 Å². The quantitative estimate of drug-likeness (QED) is 0.756. The van der Waals surface area contributed by atoms with Crippen molar-refractivity contribution in [2.75, 3.05) is 0 Å². The van der Waals surface area contributed by atoms with E-state index in [1.54, 1.807) is 24.3 Å². The first-order valence-electron chi connectivity index (χ1n) is 5.63. The normalized spacial score (nSPS) is 10.8. The van der Waals surface area contributed by atoms with Gasteiger partial charge >= 0.3 is 5.97 Å². The molecule has 2 heterocycles. The van der Waals surface area contributed by atoms with E-state index in [4.69, 9.17) is 16.7 Å². The first-order valence-corrected chi connectivity index (χ1v) is 6.01. The second kappa shape index (κ2) is 4.50. The minimum absolute atomic E-state index is 0.0730. The highest BCUT2D eigenvalue weighted by Gasteiger charge is 2.16. The molecule has 0 saturated heterocycles. The number of carboxylic acids is 1. The topological polar surface area (TPSA) is 87.7 Å². The van der Waals surface area contributed by atoms with Crippen LogP contribution in [0.25, 0.3) is 16.9 Å². The van der Waals surface area contributed by atoms with Gasteiger partial charge in [0.15, 0.2) is 5.65 Å². The number of aromatic carboxylic acids is 1. The molecule has 0 saturated carbocycles. The third-order valence-corrected chi connectivity index (χ3v) is 3.08. The van der Waals surface area contributed by atoms with E-state index >= 15 is 0 Å². The third kappa shape index (κ3) is 1.96. The standard InChI is InChI=1S/C13H8ClN3O3/c14-8-3-1-7(2-4-8)10-5-11(18)17-12(16-10)9(6-15-17)13(19)20/h1-6,18H,(H,19,20). The molecule has 3 aromatic rings. The van der Waals surface area contributed by atoms with Crippen molar-refractivity contribution < 1.29 is 15.0 Å². The van der Waals surface area contributed by atoms with Crippen LogP contribution in [-0.2, 0) is 0 Å². The Balaban J connectivity index is 2.24. The van der Waals surface area contributed by atoms with Crippen molar-refractivity contribution in [3.63, 3.8) is 0 Å². The van der Waals surface area contributed by atoms with Crippen molar-refractivity contribution in [3.05, 3.63) is 47.1 Å². The fraction of sp³-hybridized carbons (Fsp3) is 0. The first-order chi connectivity index (χ1) is 9.56. The maximum atomic E-state index is 11.1. The lowest BCUT2D eigenvalue weighted by atomic mass is 10.1. The predicted molar refractivity (Wildman–Crippen MR) is 72.1 cm³/mol. The largest absolute Gasteiger partial charge is 0.493 e. The number of halogens is 1. The summed E-state index contributed by atoms with van der Waals surface area (Å²) in [7, 11) is 0. The molecular formula is C13H8ClN3O3. The number of hydrogen-bond donors (Lipinski definition) is 2. The number of rotatable bonds is 2. The van der Waals surface area contributed by atoms with Gasteiger partial charge in [-0.15, -0.1) is 0 Å². The van der Waals surface area contributed by atoms with Gasteiger partial charge in [0.25, 0.3) is 0 Å². The Kier molecular flexibility index (Phi) is 2.80. The van der Waals surface area contributed by atoms with Gasteiger partial charge in [-0.1, -0.05) is 23.7 Å². The molecule has 0 aliphatic heterocycles. The van der Waals surface area contributed by atoms with E-state index in [2.05, 4.69) is 10.1 Å². The summed E-state index contributed by atoms with van der Waals surface area (Å²) < 4.78 is 1.07. The van der Waals surface area contributed by atoms with Crippen LogP contribution in [0, 0.1) is 0 Å². The Morgan fingerprint density at radius 2 is 1.95 bits per heavy atom. The molecule has 7 heteroatoms. The van der Waals surface area contributed by atoms with Crippen LogP contribution >= 0.6 is 11.6 Å². The van der Waals surface area contributed by atoms with Crippen LogP contribution in [0.3, 0.4) is 0 Å². The molecule has 0 radical (unpaired) electrons. The van der Waals surface area contributed by atoms with Gasteiger partial charge in [-0.05, 0) is 12.1 Å². The molecule has 0 fully saturated rings. The van der Waals surface area contributed by atoms with Crippen LogP contribution in [0.5, 0.6) is 5.88 Å². The van der Waals surface area contributed by atoms with Crippen molar-refractivity contribution in [1.82, 2.24) is 14.6 Å². The Labute approximate surface area is 117 Å². The van der Waals surface area contributed by atoms with Crippen molar-refractivity contribution in [2.24, 2.45) is 0 Å². The minimum Gasteiger partial charge on any atom is -0.493 e. The molecule has 3 rings (SSSR count). The van der Waals surface area contributed by atoms with Crippen molar-refractivity contribution >= 4 is 23.2 Å². The van der Waals surface area contributed by atoms with Gasteiger partial charge in [0.2, 0.25) is 5.88 Å². The molecule has 0 aliphatic carbocycles. The average Bonchev–Trinajstić information content (AvgIpc) is 2.84. The number of aromatic hydroxyl groups is 1. The second-order valence-corrected chi connectivity index (χ2v) is 4.54. The molecule has 1 aromatic carbocycles. The summed E-state index contributed by atoms with van der Waals surface area (Å²) in [6, 6.07) is 8.26. The zero-order valence-electron chi connectivity index (χ0n) is 9.99. The molecule has 0 spiro atoms. The Bertz CT molecular complexity index is 812. The third-order valence-electron chi connectivity index (χ3n) is 2.82. The zero-order valence-corrected chi connectivity index (χ0v) is 10.7. The molecular weight excluding hydrogens is 282 g/mol. The SMILES string of the molecule is O=C(O)c1cnn2c(O)cc(-c3ccc(Cl)cc3)nc12. The number of carboxylic acid groups (broad SMARTS) is 1. The van der Waals surface area contributed by atoms with Gasteiger partial charge in [-0.3, -0.25) is 0 Å². The Morgan fingerprint density at radius 1 is 1.25 bits per heavy atom. The van der Waals surface area contributed by atoms with E-state index in [-0.39, 0.29) is 17.1 Å². The Morgan fingerprint density at radius 3 is 2.60 bits per heavy atom. The Hall–Kier alpha value is -2.60. The molecule has 100 valence electrons. The fourth-order valence-electron chi connectivity index (χ4n) is 1.87. The van der Waals surface area contributed by atoms with Gasteiger partial charge in [0, 0.05) is 16.7 Å². The first kappa shape index (κ1) is 12.4. The average molecular weight is 290 g/mol. The van der Waals surface area contributed by atoms with E-state index < -0.39 is 5.97 Å². The van der Waals surface area contributed by atoms with Crippen molar-refractivity contribution in [1.29, 1.82) is 0 Å². The van der Waals surface area contributed by atoms with E-state index in [0.717, 1.165) is 10.7 Å². The number of aromatic nitrogens is 3. The molecule has 2 aromatic heterocycles. The summed E-state index contributed by atoms with van der Waals surface area (Å²) in [5.74, 6) is -1.34. The molecule has 0 amide bonds. The number of benzene rings is 1.